The van der Waals surface area contributed by atoms with Crippen LogP contribution in [0.3, 0.4) is 0 Å². The molecule has 3 aliphatic rings. The van der Waals surface area contributed by atoms with E-state index in [1.807, 2.05) is 44.2 Å². The fraction of sp³-hybridized carbons (Fsp3) is 0.407. The molecule has 3 aromatic rings. The summed E-state index contributed by atoms with van der Waals surface area (Å²) in [5.74, 6) is 8.50. The first-order chi connectivity index (χ1) is 15.8. The largest absolute Gasteiger partial charge is 0.491 e. The predicted molar refractivity (Wildman–Crippen MR) is 127 cm³/mol. The van der Waals surface area contributed by atoms with Gasteiger partial charge in [0, 0.05) is 29.8 Å². The van der Waals surface area contributed by atoms with Gasteiger partial charge in [-0.25, -0.2) is 4.98 Å². The minimum Gasteiger partial charge on any atom is -0.491 e. The number of ether oxygens (including phenoxy) is 1. The molecule has 0 radical (unpaired) electrons. The minimum atomic E-state index is -0.117. The Morgan fingerprint density at radius 1 is 1.24 bits per heavy atom. The van der Waals surface area contributed by atoms with Gasteiger partial charge in [-0.05, 0) is 64.6 Å². The molecule has 0 saturated carbocycles. The molecule has 1 N–H and O–H groups in total. The molecule has 33 heavy (non-hydrogen) atoms. The van der Waals surface area contributed by atoms with E-state index in [-0.39, 0.29) is 29.5 Å². The van der Waals surface area contributed by atoms with Crippen molar-refractivity contribution >= 4 is 16.9 Å². The molecule has 0 unspecified atom stereocenters. The van der Waals surface area contributed by atoms with Crippen LogP contribution in [0.4, 0.5) is 0 Å². The lowest BCUT2D eigenvalue weighted by molar-refractivity contribution is 0.0916. The number of benzene rings is 2. The summed E-state index contributed by atoms with van der Waals surface area (Å²) in [5.41, 5.74) is 4.68. The molecule has 1 fully saturated rings. The molecule has 168 valence electrons. The van der Waals surface area contributed by atoms with Crippen LogP contribution in [0.15, 0.2) is 36.4 Å². The molecule has 3 aliphatic heterocycles. The normalized spacial score (nSPS) is 22.6. The molecule has 2 aromatic carbocycles. The van der Waals surface area contributed by atoms with Gasteiger partial charge in [-0.2, -0.15) is 0 Å². The lowest BCUT2D eigenvalue weighted by Gasteiger charge is -2.42. The zero-order valence-electron chi connectivity index (χ0n) is 19.5. The Morgan fingerprint density at radius 2 is 2.06 bits per heavy atom. The van der Waals surface area contributed by atoms with Crippen LogP contribution >= 0.6 is 0 Å². The van der Waals surface area contributed by atoms with E-state index >= 15 is 0 Å². The van der Waals surface area contributed by atoms with E-state index in [9.17, 15) is 4.79 Å². The van der Waals surface area contributed by atoms with Gasteiger partial charge in [-0.3, -0.25) is 4.79 Å². The van der Waals surface area contributed by atoms with Gasteiger partial charge in [0.15, 0.2) is 0 Å². The van der Waals surface area contributed by atoms with Crippen molar-refractivity contribution in [1.82, 2.24) is 19.8 Å². The van der Waals surface area contributed by atoms with Gasteiger partial charge in [-0.1, -0.05) is 17.9 Å². The summed E-state index contributed by atoms with van der Waals surface area (Å²) in [4.78, 5) is 20.2. The third-order valence-corrected chi connectivity index (χ3v) is 6.86. The number of nitrogens with one attached hydrogen (secondary N) is 1. The average molecular weight is 441 g/mol. The van der Waals surface area contributed by atoms with Crippen molar-refractivity contribution in [2.24, 2.45) is 5.41 Å². The van der Waals surface area contributed by atoms with Crippen molar-refractivity contribution in [3.63, 3.8) is 0 Å². The number of carbonyl (C=O) groups is 1. The topological polar surface area (TPSA) is 59.4 Å². The van der Waals surface area contributed by atoms with Crippen molar-refractivity contribution < 1.29 is 9.53 Å². The number of nitrogens with zero attached hydrogens (tertiary/aromatic N) is 3. The number of aromatic nitrogens is 2. The van der Waals surface area contributed by atoms with Crippen molar-refractivity contribution in [3.05, 3.63) is 58.9 Å². The van der Waals surface area contributed by atoms with E-state index in [4.69, 9.17) is 9.72 Å². The Kier molecular flexibility index (Phi) is 4.37. The number of carbonyl (C=O) groups excluding carboxylic acids is 1. The molecule has 6 nitrogen and oxygen atoms in total. The lowest BCUT2D eigenvalue weighted by atomic mass is 9.83. The average Bonchev–Trinajstić information content (AvgIpc) is 3.23. The Morgan fingerprint density at radius 3 is 2.82 bits per heavy atom. The van der Waals surface area contributed by atoms with Crippen LogP contribution < -0.4 is 10.1 Å². The lowest BCUT2D eigenvalue weighted by Crippen LogP contribution is -2.51. The smallest absolute Gasteiger partial charge is 0.252 e. The van der Waals surface area contributed by atoms with E-state index in [2.05, 4.69) is 46.7 Å². The van der Waals surface area contributed by atoms with Crippen LogP contribution in [0.25, 0.3) is 11.0 Å². The maximum absolute atomic E-state index is 13.0. The summed E-state index contributed by atoms with van der Waals surface area (Å²) in [6.45, 7) is 8.25. The molecule has 4 heterocycles. The fourth-order valence-corrected chi connectivity index (χ4v) is 5.69. The van der Waals surface area contributed by atoms with Gasteiger partial charge in [0.05, 0.1) is 34.6 Å². The summed E-state index contributed by atoms with van der Waals surface area (Å²) in [7, 11) is 2.12. The van der Waals surface area contributed by atoms with E-state index < -0.39 is 0 Å². The molecule has 0 aliphatic carbocycles. The third kappa shape index (κ3) is 3.22. The first-order valence-corrected chi connectivity index (χ1v) is 11.7. The third-order valence-electron chi connectivity index (χ3n) is 6.86. The molecular weight excluding hydrogens is 412 g/mol. The molecule has 0 spiro atoms. The van der Waals surface area contributed by atoms with E-state index in [1.165, 1.54) is 0 Å². The zero-order valence-corrected chi connectivity index (χ0v) is 19.5. The van der Waals surface area contributed by atoms with Crippen molar-refractivity contribution in [1.29, 1.82) is 0 Å². The molecule has 6 heteroatoms. The highest BCUT2D eigenvalue weighted by Crippen LogP contribution is 2.47. The number of hydrogen-bond donors (Lipinski definition) is 1. The maximum atomic E-state index is 13.0. The maximum Gasteiger partial charge on any atom is 0.252 e. The van der Waals surface area contributed by atoms with E-state index in [0.29, 0.717) is 5.56 Å². The number of hydrogen-bond acceptors (Lipinski definition) is 4. The monoisotopic (exact) mass is 440 g/mol. The molecular formula is C27H28N4O2. The number of rotatable bonds is 2. The Balaban J connectivity index is 1.48. The van der Waals surface area contributed by atoms with Gasteiger partial charge < -0.3 is 19.5 Å². The molecule has 2 atom stereocenters. The van der Waals surface area contributed by atoms with Crippen LogP contribution in [0, 0.1) is 17.3 Å². The standard InChI is InChI=1S/C27H28N4O2/c1-16(2)33-23-7-5-6-18-24(23)22-13-20(29-26(18)32)25-28-19-9-8-17(12-21(19)31(22)25)10-11-27(3)14-30(4)15-27/h5-9,12,16,20,22H,13-15H2,1-4H3,(H,29,32)/t20-,22-/m1/s1. The number of likely N-dealkylation sites (tertiary alicyclic amines) is 1. The molecule has 2 bridgehead atoms. The van der Waals surface area contributed by atoms with Crippen LogP contribution in [-0.2, 0) is 0 Å². The highest BCUT2D eigenvalue weighted by Gasteiger charge is 2.42. The van der Waals surface area contributed by atoms with Crippen molar-refractivity contribution in [3.8, 4) is 17.6 Å². The molecule has 6 rings (SSSR count). The second-order valence-electron chi connectivity index (χ2n) is 10.2. The second kappa shape index (κ2) is 7.10. The van der Waals surface area contributed by atoms with Crippen molar-refractivity contribution in [2.75, 3.05) is 20.1 Å². The van der Waals surface area contributed by atoms with Gasteiger partial charge in [0.25, 0.3) is 5.91 Å². The van der Waals surface area contributed by atoms with Crippen LogP contribution in [0.5, 0.6) is 5.75 Å². The number of amides is 1. The van der Waals surface area contributed by atoms with E-state index in [0.717, 1.165) is 53.2 Å². The summed E-state index contributed by atoms with van der Waals surface area (Å²) in [5, 5.41) is 3.19. The Labute approximate surface area is 193 Å². The van der Waals surface area contributed by atoms with Gasteiger partial charge in [0.2, 0.25) is 0 Å². The SMILES string of the molecule is CC(C)Oc1cccc2c1[C@H]1C[C@@H](NC2=O)c2nc3ccc(C#CC4(C)CN(C)C4)cc3n21. The van der Waals surface area contributed by atoms with Crippen LogP contribution in [-0.4, -0.2) is 46.6 Å². The first kappa shape index (κ1) is 20.3. The predicted octanol–water partition coefficient (Wildman–Crippen LogP) is 3.90. The van der Waals surface area contributed by atoms with Crippen molar-refractivity contribution in [2.45, 2.75) is 45.4 Å². The molecule has 1 aromatic heterocycles. The fourth-order valence-electron chi connectivity index (χ4n) is 5.69. The summed E-state index contributed by atoms with van der Waals surface area (Å²) in [6, 6.07) is 11.9. The zero-order chi connectivity index (χ0) is 22.9. The Bertz CT molecular complexity index is 1350. The highest BCUT2D eigenvalue weighted by atomic mass is 16.5. The Hall–Kier alpha value is -3.30. The highest BCUT2D eigenvalue weighted by molar-refractivity contribution is 5.98. The number of fused-ring (bicyclic) bond motifs is 9. The number of imidazole rings is 1. The molecule has 1 amide bonds. The quantitative estimate of drug-likeness (QED) is 0.614. The summed E-state index contributed by atoms with van der Waals surface area (Å²) < 4.78 is 8.45. The van der Waals surface area contributed by atoms with Gasteiger partial charge in [0.1, 0.15) is 11.6 Å². The first-order valence-electron chi connectivity index (χ1n) is 11.7. The van der Waals surface area contributed by atoms with Gasteiger partial charge >= 0.3 is 0 Å². The summed E-state index contributed by atoms with van der Waals surface area (Å²) >= 11 is 0. The van der Waals surface area contributed by atoms with E-state index in [1.54, 1.807) is 0 Å². The molecule has 1 saturated heterocycles. The summed E-state index contributed by atoms with van der Waals surface area (Å²) in [6.07, 6.45) is 0.795. The second-order valence-corrected chi connectivity index (χ2v) is 10.2. The van der Waals surface area contributed by atoms with Gasteiger partial charge in [-0.15, -0.1) is 0 Å². The van der Waals surface area contributed by atoms with Crippen LogP contribution in [0.1, 0.15) is 66.6 Å². The van der Waals surface area contributed by atoms with Crippen LogP contribution in [0.2, 0.25) is 0 Å². The minimum absolute atomic E-state index is 0.0140.